The molecule has 0 atom stereocenters. The quantitative estimate of drug-likeness (QED) is 0.671. The Balaban J connectivity index is 2.46. The highest BCUT2D eigenvalue weighted by atomic mass is 16.6. The van der Waals surface area contributed by atoms with Crippen molar-refractivity contribution in [3.63, 3.8) is 0 Å². The number of nitro groups is 1. The van der Waals surface area contributed by atoms with E-state index in [0.29, 0.717) is 6.61 Å². The molecule has 0 spiro atoms. The fraction of sp³-hybridized carbons (Fsp3) is 0.286. The van der Waals surface area contributed by atoms with Crippen molar-refractivity contribution in [1.82, 2.24) is 9.97 Å². The summed E-state index contributed by atoms with van der Waals surface area (Å²) >= 11 is 0. The van der Waals surface area contributed by atoms with Crippen LogP contribution in [0.15, 0.2) is 24.5 Å². The van der Waals surface area contributed by atoms with Crippen molar-refractivity contribution < 1.29 is 9.66 Å². The molecule has 0 aliphatic carbocycles. The molecule has 0 saturated heterocycles. The van der Waals surface area contributed by atoms with Crippen LogP contribution in [0.3, 0.4) is 0 Å². The normalized spacial score (nSPS) is 10.2. The van der Waals surface area contributed by atoms with E-state index in [4.69, 9.17) is 4.74 Å². The maximum Gasteiger partial charge on any atom is 0.373 e. The lowest BCUT2D eigenvalue weighted by atomic mass is 10.1. The van der Waals surface area contributed by atoms with E-state index in [2.05, 4.69) is 15.3 Å². The fourth-order valence-corrected chi connectivity index (χ4v) is 1.86. The molecule has 0 unspecified atom stereocenters. The van der Waals surface area contributed by atoms with Gasteiger partial charge in [-0.15, -0.1) is 0 Å². The van der Waals surface area contributed by atoms with Crippen LogP contribution in [-0.2, 0) is 0 Å². The minimum Gasteiger partial charge on any atom is -0.473 e. The van der Waals surface area contributed by atoms with Gasteiger partial charge in [0.15, 0.2) is 0 Å². The van der Waals surface area contributed by atoms with Crippen molar-refractivity contribution in [2.45, 2.75) is 20.8 Å². The molecule has 0 amide bonds. The fourth-order valence-electron chi connectivity index (χ4n) is 1.86. The van der Waals surface area contributed by atoms with Crippen LogP contribution in [0.5, 0.6) is 5.88 Å². The van der Waals surface area contributed by atoms with Gasteiger partial charge in [0.1, 0.15) is 6.33 Å². The maximum atomic E-state index is 11.3. The van der Waals surface area contributed by atoms with Crippen molar-refractivity contribution in [3.05, 3.63) is 45.8 Å². The summed E-state index contributed by atoms with van der Waals surface area (Å²) in [6.45, 7) is 5.90. The van der Waals surface area contributed by atoms with E-state index < -0.39 is 4.92 Å². The molecule has 0 aliphatic heterocycles. The topological polar surface area (TPSA) is 90.2 Å². The second kappa shape index (κ2) is 6.17. The number of nitrogens with zero attached hydrogens (tertiary/aromatic N) is 3. The van der Waals surface area contributed by atoms with Gasteiger partial charge in [0.25, 0.3) is 5.88 Å². The van der Waals surface area contributed by atoms with Gasteiger partial charge in [-0.3, -0.25) is 10.1 Å². The Hall–Kier alpha value is -2.70. The van der Waals surface area contributed by atoms with Crippen molar-refractivity contribution in [3.8, 4) is 5.88 Å². The first kappa shape index (κ1) is 14.7. The summed E-state index contributed by atoms with van der Waals surface area (Å²) < 4.78 is 5.20. The Morgan fingerprint density at radius 1 is 1.33 bits per heavy atom. The number of rotatable bonds is 5. The second-order valence-corrected chi connectivity index (χ2v) is 4.51. The summed E-state index contributed by atoms with van der Waals surface area (Å²) in [4.78, 5) is 18.5. The van der Waals surface area contributed by atoms with Gasteiger partial charge >= 0.3 is 5.69 Å². The molecule has 1 heterocycles. The molecule has 0 fully saturated rings. The lowest BCUT2D eigenvalue weighted by Crippen LogP contribution is -2.06. The number of hydrogen-bond donors (Lipinski definition) is 1. The number of nitrogens with one attached hydrogen (secondary N) is 1. The van der Waals surface area contributed by atoms with E-state index >= 15 is 0 Å². The summed E-state index contributed by atoms with van der Waals surface area (Å²) in [6, 6.07) is 5.82. The SMILES string of the molecule is CCOc1ncnc(Nc2cc(C)ccc2C)c1[N+](=O)[O-]. The number of aromatic nitrogens is 2. The first-order chi connectivity index (χ1) is 10.0. The Kier molecular flexibility index (Phi) is 4.32. The molecule has 7 nitrogen and oxygen atoms in total. The highest BCUT2D eigenvalue weighted by Crippen LogP contribution is 2.33. The molecule has 0 saturated carbocycles. The average molecular weight is 288 g/mol. The first-order valence-corrected chi connectivity index (χ1v) is 6.49. The molecule has 21 heavy (non-hydrogen) atoms. The van der Waals surface area contributed by atoms with E-state index in [-0.39, 0.29) is 17.4 Å². The average Bonchev–Trinajstić information content (AvgIpc) is 2.43. The third kappa shape index (κ3) is 3.25. The van der Waals surface area contributed by atoms with Crippen molar-refractivity contribution in [1.29, 1.82) is 0 Å². The van der Waals surface area contributed by atoms with Crippen LogP contribution in [0.2, 0.25) is 0 Å². The lowest BCUT2D eigenvalue weighted by molar-refractivity contribution is -0.385. The van der Waals surface area contributed by atoms with Gasteiger partial charge in [-0.2, -0.15) is 4.98 Å². The van der Waals surface area contributed by atoms with Crippen molar-refractivity contribution in [2.75, 3.05) is 11.9 Å². The third-order valence-electron chi connectivity index (χ3n) is 2.90. The third-order valence-corrected chi connectivity index (χ3v) is 2.90. The van der Waals surface area contributed by atoms with Crippen LogP contribution in [0.25, 0.3) is 0 Å². The molecule has 2 aromatic rings. The van der Waals surface area contributed by atoms with Gasteiger partial charge < -0.3 is 10.1 Å². The first-order valence-electron chi connectivity index (χ1n) is 6.49. The van der Waals surface area contributed by atoms with E-state index in [1.807, 2.05) is 32.0 Å². The molecule has 0 aliphatic rings. The minimum absolute atomic E-state index is 0.0368. The molecule has 110 valence electrons. The molecule has 1 aromatic heterocycles. The van der Waals surface area contributed by atoms with Gasteiger partial charge in [-0.05, 0) is 38.0 Å². The lowest BCUT2D eigenvalue weighted by Gasteiger charge is -2.11. The zero-order chi connectivity index (χ0) is 15.4. The van der Waals surface area contributed by atoms with Gasteiger partial charge in [-0.25, -0.2) is 4.98 Å². The summed E-state index contributed by atoms with van der Waals surface area (Å²) in [5, 5.41) is 14.3. The summed E-state index contributed by atoms with van der Waals surface area (Å²) in [6.07, 6.45) is 1.24. The standard InChI is InChI=1S/C14H16N4O3/c1-4-21-14-12(18(19)20)13(15-8-16-14)17-11-7-9(2)5-6-10(11)3/h5-8H,4H2,1-3H3,(H,15,16,17). The summed E-state index contributed by atoms with van der Waals surface area (Å²) in [5.74, 6) is 0.0810. The Morgan fingerprint density at radius 2 is 2.10 bits per heavy atom. The van der Waals surface area contributed by atoms with Crippen LogP contribution in [0.1, 0.15) is 18.1 Å². The van der Waals surface area contributed by atoms with E-state index in [1.54, 1.807) is 6.92 Å². The number of anilines is 2. The van der Waals surface area contributed by atoms with Crippen LogP contribution < -0.4 is 10.1 Å². The molecule has 0 bridgehead atoms. The summed E-state index contributed by atoms with van der Waals surface area (Å²) in [7, 11) is 0. The zero-order valence-corrected chi connectivity index (χ0v) is 12.1. The molecule has 1 N–H and O–H groups in total. The van der Waals surface area contributed by atoms with Gasteiger partial charge in [0.2, 0.25) is 5.82 Å². The zero-order valence-electron chi connectivity index (χ0n) is 12.1. The Labute approximate surface area is 122 Å². The van der Waals surface area contributed by atoms with Gasteiger partial charge in [-0.1, -0.05) is 12.1 Å². The van der Waals surface area contributed by atoms with Gasteiger partial charge in [0, 0.05) is 5.69 Å². The van der Waals surface area contributed by atoms with E-state index in [0.717, 1.165) is 16.8 Å². The monoisotopic (exact) mass is 288 g/mol. The maximum absolute atomic E-state index is 11.3. The van der Waals surface area contributed by atoms with Crippen molar-refractivity contribution >= 4 is 17.2 Å². The largest absolute Gasteiger partial charge is 0.473 e. The molecule has 2 rings (SSSR count). The number of hydrogen-bond acceptors (Lipinski definition) is 6. The molecular weight excluding hydrogens is 272 g/mol. The van der Waals surface area contributed by atoms with Gasteiger partial charge in [0.05, 0.1) is 11.5 Å². The highest BCUT2D eigenvalue weighted by molar-refractivity contribution is 5.70. The van der Waals surface area contributed by atoms with E-state index in [9.17, 15) is 10.1 Å². The molecular formula is C14H16N4O3. The second-order valence-electron chi connectivity index (χ2n) is 4.51. The predicted molar refractivity (Wildman–Crippen MR) is 79.1 cm³/mol. The van der Waals surface area contributed by atoms with Crippen LogP contribution >= 0.6 is 0 Å². The molecule has 7 heteroatoms. The molecule has 0 radical (unpaired) electrons. The minimum atomic E-state index is -0.543. The predicted octanol–water partition coefficient (Wildman–Crippen LogP) is 3.14. The van der Waals surface area contributed by atoms with Crippen LogP contribution in [0.4, 0.5) is 17.2 Å². The van der Waals surface area contributed by atoms with Crippen LogP contribution in [-0.4, -0.2) is 21.5 Å². The smallest absolute Gasteiger partial charge is 0.373 e. The Bertz CT molecular complexity index is 673. The number of benzene rings is 1. The van der Waals surface area contributed by atoms with Crippen LogP contribution in [0, 0.1) is 24.0 Å². The highest BCUT2D eigenvalue weighted by Gasteiger charge is 2.24. The Morgan fingerprint density at radius 3 is 2.76 bits per heavy atom. The molecule has 1 aromatic carbocycles. The van der Waals surface area contributed by atoms with E-state index in [1.165, 1.54) is 6.33 Å². The van der Waals surface area contributed by atoms with Crippen molar-refractivity contribution in [2.24, 2.45) is 0 Å². The summed E-state index contributed by atoms with van der Waals surface area (Å²) in [5.41, 5.74) is 2.51. The number of aryl methyl sites for hydroxylation is 2. The number of ether oxygens (including phenoxy) is 1.